The number of rotatable bonds is 7. The summed E-state index contributed by atoms with van der Waals surface area (Å²) in [5.74, 6) is 0.316. The predicted molar refractivity (Wildman–Crippen MR) is 123 cm³/mol. The summed E-state index contributed by atoms with van der Waals surface area (Å²) in [5.41, 5.74) is 2.57. The number of nitrogens with one attached hydrogen (secondary N) is 1. The summed E-state index contributed by atoms with van der Waals surface area (Å²) in [6.45, 7) is 4.34. The number of carbonyl (C=O) groups is 2. The van der Waals surface area contributed by atoms with Gasteiger partial charge in [0.15, 0.2) is 0 Å². The molecular weight excluding hydrogens is 412 g/mol. The fraction of sp³-hybridized carbons (Fsp3) is 0.167. The summed E-state index contributed by atoms with van der Waals surface area (Å²) in [7, 11) is 1.52. The first-order chi connectivity index (χ1) is 15.0. The van der Waals surface area contributed by atoms with Gasteiger partial charge in [-0.1, -0.05) is 18.2 Å². The number of carbonyl (C=O) groups excluding carboxylic acids is 2. The van der Waals surface area contributed by atoms with Gasteiger partial charge in [0, 0.05) is 16.6 Å². The Morgan fingerprint density at radius 2 is 1.87 bits per heavy atom. The highest BCUT2D eigenvalue weighted by atomic mass is 32.1. The fourth-order valence-corrected chi connectivity index (χ4v) is 4.23. The Morgan fingerprint density at radius 1 is 1.03 bits per heavy atom. The van der Waals surface area contributed by atoms with Gasteiger partial charge in [0.2, 0.25) is 0 Å². The normalized spacial score (nSPS) is 13.7. The van der Waals surface area contributed by atoms with Gasteiger partial charge in [-0.15, -0.1) is 11.3 Å². The van der Waals surface area contributed by atoms with Gasteiger partial charge in [0.1, 0.15) is 17.2 Å². The number of amides is 2. The Bertz CT molecular complexity index is 1170. The number of methoxy groups -OCH3 is 1. The zero-order chi connectivity index (χ0) is 22.0. The molecule has 4 rings (SSSR count). The molecule has 0 spiro atoms. The van der Waals surface area contributed by atoms with Crippen LogP contribution in [0.4, 0.5) is 11.4 Å². The Balaban J connectivity index is 1.80. The third-order valence-electron chi connectivity index (χ3n) is 4.84. The van der Waals surface area contributed by atoms with Crippen molar-refractivity contribution in [2.75, 3.05) is 23.9 Å². The second kappa shape index (κ2) is 8.65. The van der Waals surface area contributed by atoms with Crippen LogP contribution in [0.1, 0.15) is 17.4 Å². The highest BCUT2D eigenvalue weighted by Gasteiger charge is 2.41. The minimum absolute atomic E-state index is 0.227. The standard InChI is InChI=1S/C24H22N2O4S/c1-4-30-17-8-5-7-16(14-17)25-22-21(20-9-6-12-31-20)23(27)26(24(22)28)18-13-15(2)10-11-19(18)29-3/h5-14,25H,4H2,1-3H3. The van der Waals surface area contributed by atoms with Crippen LogP contribution in [0.15, 0.2) is 65.7 Å². The van der Waals surface area contributed by atoms with E-state index in [-0.39, 0.29) is 11.6 Å². The van der Waals surface area contributed by atoms with Crippen molar-refractivity contribution >= 4 is 40.1 Å². The summed E-state index contributed by atoms with van der Waals surface area (Å²) < 4.78 is 11.0. The van der Waals surface area contributed by atoms with E-state index < -0.39 is 5.91 Å². The summed E-state index contributed by atoms with van der Waals surface area (Å²) in [6.07, 6.45) is 0. The van der Waals surface area contributed by atoms with Crippen molar-refractivity contribution in [1.29, 1.82) is 0 Å². The number of benzene rings is 2. The van der Waals surface area contributed by atoms with Gasteiger partial charge in [-0.05, 0) is 55.1 Å². The maximum absolute atomic E-state index is 13.5. The minimum Gasteiger partial charge on any atom is -0.495 e. The number of aryl methyl sites for hydroxylation is 1. The molecule has 0 atom stereocenters. The van der Waals surface area contributed by atoms with E-state index in [2.05, 4.69) is 5.32 Å². The third-order valence-corrected chi connectivity index (χ3v) is 5.73. The quantitative estimate of drug-likeness (QED) is 0.538. The molecule has 1 aliphatic heterocycles. The summed E-state index contributed by atoms with van der Waals surface area (Å²) >= 11 is 1.41. The zero-order valence-corrected chi connectivity index (χ0v) is 18.3. The van der Waals surface area contributed by atoms with Crippen LogP contribution in [0.2, 0.25) is 0 Å². The van der Waals surface area contributed by atoms with Crippen molar-refractivity contribution in [2.45, 2.75) is 13.8 Å². The molecule has 0 saturated heterocycles. The van der Waals surface area contributed by atoms with Crippen LogP contribution in [-0.2, 0) is 9.59 Å². The van der Waals surface area contributed by atoms with Crippen molar-refractivity contribution in [3.05, 3.63) is 76.1 Å². The molecule has 1 aromatic heterocycles. The van der Waals surface area contributed by atoms with Gasteiger partial charge in [-0.25, -0.2) is 4.90 Å². The van der Waals surface area contributed by atoms with Crippen LogP contribution in [0.25, 0.3) is 5.57 Å². The molecule has 0 bridgehead atoms. The SMILES string of the molecule is CCOc1cccc(NC2=C(c3cccs3)C(=O)N(c3cc(C)ccc3OC)C2=O)c1. The molecule has 3 aromatic rings. The summed E-state index contributed by atoms with van der Waals surface area (Å²) in [4.78, 5) is 28.9. The Morgan fingerprint density at radius 3 is 2.58 bits per heavy atom. The molecule has 31 heavy (non-hydrogen) atoms. The molecule has 158 valence electrons. The second-order valence-corrected chi connectivity index (χ2v) is 7.88. The molecule has 1 N–H and O–H groups in total. The average Bonchev–Trinajstić information content (AvgIpc) is 3.35. The lowest BCUT2D eigenvalue weighted by molar-refractivity contribution is -0.120. The summed E-state index contributed by atoms with van der Waals surface area (Å²) in [5, 5.41) is 5.04. The molecule has 0 unspecified atom stereocenters. The molecule has 0 fully saturated rings. The Labute approximate surface area is 184 Å². The number of hydrogen-bond acceptors (Lipinski definition) is 6. The molecule has 2 amide bonds. The Kier molecular flexibility index (Phi) is 5.77. The van der Waals surface area contributed by atoms with E-state index >= 15 is 0 Å². The van der Waals surface area contributed by atoms with E-state index in [0.717, 1.165) is 10.4 Å². The van der Waals surface area contributed by atoms with E-state index in [4.69, 9.17) is 9.47 Å². The first kappa shape index (κ1) is 20.7. The molecular formula is C24H22N2O4S. The third kappa shape index (κ3) is 3.92. The first-order valence-corrected chi connectivity index (χ1v) is 10.7. The number of thiophene rings is 1. The first-order valence-electron chi connectivity index (χ1n) is 9.85. The lowest BCUT2D eigenvalue weighted by Gasteiger charge is -2.19. The van der Waals surface area contributed by atoms with Crippen molar-refractivity contribution < 1.29 is 19.1 Å². The molecule has 0 saturated carbocycles. The van der Waals surface area contributed by atoms with Gasteiger partial charge >= 0.3 is 0 Å². The van der Waals surface area contributed by atoms with E-state index in [1.807, 2.05) is 55.6 Å². The van der Waals surface area contributed by atoms with Crippen LogP contribution >= 0.6 is 11.3 Å². The van der Waals surface area contributed by atoms with E-state index in [9.17, 15) is 9.59 Å². The number of anilines is 2. The van der Waals surface area contributed by atoms with Crippen LogP contribution in [0, 0.1) is 6.92 Å². The van der Waals surface area contributed by atoms with Crippen LogP contribution in [0.3, 0.4) is 0 Å². The van der Waals surface area contributed by atoms with Gasteiger partial charge in [0.05, 0.1) is 25.0 Å². The van der Waals surface area contributed by atoms with Crippen LogP contribution in [-0.4, -0.2) is 25.5 Å². The lowest BCUT2D eigenvalue weighted by Crippen LogP contribution is -2.32. The van der Waals surface area contributed by atoms with Crippen LogP contribution in [0.5, 0.6) is 11.5 Å². The van der Waals surface area contributed by atoms with Gasteiger partial charge in [0.25, 0.3) is 11.8 Å². The molecule has 1 aliphatic rings. The molecule has 7 heteroatoms. The van der Waals surface area contributed by atoms with Gasteiger partial charge in [-0.2, -0.15) is 0 Å². The average molecular weight is 435 g/mol. The van der Waals surface area contributed by atoms with Crippen LogP contribution < -0.4 is 19.7 Å². The smallest absolute Gasteiger partial charge is 0.282 e. The van der Waals surface area contributed by atoms with E-state index in [1.54, 1.807) is 18.2 Å². The monoisotopic (exact) mass is 434 g/mol. The second-order valence-electron chi connectivity index (χ2n) is 6.93. The molecule has 0 radical (unpaired) electrons. The number of hydrogen-bond donors (Lipinski definition) is 1. The number of nitrogens with zero attached hydrogens (tertiary/aromatic N) is 1. The maximum Gasteiger partial charge on any atom is 0.282 e. The van der Waals surface area contributed by atoms with Crippen molar-refractivity contribution in [3.8, 4) is 11.5 Å². The number of imide groups is 1. The summed E-state index contributed by atoms with van der Waals surface area (Å²) in [6, 6.07) is 16.4. The van der Waals surface area contributed by atoms with Crippen molar-refractivity contribution in [3.63, 3.8) is 0 Å². The molecule has 6 nitrogen and oxygen atoms in total. The lowest BCUT2D eigenvalue weighted by atomic mass is 10.1. The highest BCUT2D eigenvalue weighted by Crippen LogP contribution is 2.39. The molecule has 2 heterocycles. The van der Waals surface area contributed by atoms with Gasteiger partial charge < -0.3 is 14.8 Å². The van der Waals surface area contributed by atoms with Gasteiger partial charge in [-0.3, -0.25) is 9.59 Å². The maximum atomic E-state index is 13.5. The highest BCUT2D eigenvalue weighted by molar-refractivity contribution is 7.11. The Hall–Kier alpha value is -3.58. The van der Waals surface area contributed by atoms with E-state index in [0.29, 0.717) is 35.1 Å². The van der Waals surface area contributed by atoms with Crippen molar-refractivity contribution in [1.82, 2.24) is 0 Å². The fourth-order valence-electron chi connectivity index (χ4n) is 3.46. The topological polar surface area (TPSA) is 67.9 Å². The minimum atomic E-state index is -0.431. The largest absolute Gasteiger partial charge is 0.495 e. The molecule has 0 aliphatic carbocycles. The zero-order valence-electron chi connectivity index (χ0n) is 17.5. The van der Waals surface area contributed by atoms with Crippen molar-refractivity contribution in [2.24, 2.45) is 0 Å². The molecule has 2 aromatic carbocycles. The van der Waals surface area contributed by atoms with E-state index in [1.165, 1.54) is 23.3 Å². The predicted octanol–water partition coefficient (Wildman–Crippen LogP) is 4.86. The number of ether oxygens (including phenoxy) is 2.